The van der Waals surface area contributed by atoms with Crippen molar-refractivity contribution in [1.29, 1.82) is 0 Å². The number of rotatable bonds is 0. The van der Waals surface area contributed by atoms with Crippen LogP contribution < -0.4 is 5.73 Å². The van der Waals surface area contributed by atoms with E-state index in [1.54, 1.807) is 7.05 Å². The molecule has 0 atom stereocenters. The Morgan fingerprint density at radius 1 is 2.00 bits per heavy atom. The van der Waals surface area contributed by atoms with Crippen LogP contribution >= 0.6 is 0 Å². The van der Waals surface area contributed by atoms with E-state index in [1.165, 1.54) is 16.6 Å². The zero-order chi connectivity index (χ0) is 4.12. The lowest BCUT2D eigenvalue weighted by Crippen LogP contribution is -1.84. The minimum absolute atomic E-state index is 1.24. The average Bonchev–Trinajstić information content (AvgIpc) is 1.41. The Labute approximate surface area is 34.7 Å². The van der Waals surface area contributed by atoms with Gasteiger partial charge in [-0.05, 0) is 11.1 Å². The van der Waals surface area contributed by atoms with Crippen molar-refractivity contribution in [2.75, 3.05) is 7.05 Å². The zero-order valence-corrected chi connectivity index (χ0v) is 3.83. The fourth-order valence-electron chi connectivity index (χ4n) is 0.0609. The van der Waals surface area contributed by atoms with Gasteiger partial charge in [0.25, 0.3) is 0 Å². The van der Waals surface area contributed by atoms with Crippen molar-refractivity contribution in [2.45, 2.75) is 0 Å². The molecule has 0 aliphatic rings. The van der Waals surface area contributed by atoms with Crippen LogP contribution in [0.5, 0.6) is 0 Å². The van der Waals surface area contributed by atoms with Crippen LogP contribution in [0.4, 0.5) is 0 Å². The molecule has 30 valence electrons. The average molecular weight is 90.2 g/mol. The Hall–Kier alpha value is -0.150. The van der Waals surface area contributed by atoms with Gasteiger partial charge in [-0.25, -0.2) is 4.36 Å². The van der Waals surface area contributed by atoms with Crippen LogP contribution in [-0.2, 0) is 11.1 Å². The van der Waals surface area contributed by atoms with Crippen LogP contribution in [0.1, 0.15) is 0 Å². The Morgan fingerprint density at radius 3 is 2.60 bits per heavy atom. The van der Waals surface area contributed by atoms with Crippen molar-refractivity contribution in [3.8, 4) is 0 Å². The Bertz CT molecular complexity index is 56.0. The minimum Gasteiger partial charge on any atom is -0.299 e. The van der Waals surface area contributed by atoms with Crippen LogP contribution in [0.3, 0.4) is 0 Å². The third-order valence-electron chi connectivity index (χ3n) is 0.166. The van der Waals surface area contributed by atoms with Gasteiger partial charge < -0.3 is 0 Å². The summed E-state index contributed by atoms with van der Waals surface area (Å²) in [6, 6.07) is 0. The molecule has 0 heterocycles. The molecule has 0 spiro atoms. The van der Waals surface area contributed by atoms with Gasteiger partial charge in [0.15, 0.2) is 0 Å². The molecule has 2 N–H and O–H groups in total. The minimum atomic E-state index is 1.24. The van der Waals surface area contributed by atoms with Crippen LogP contribution in [0, 0.1) is 0 Å². The van der Waals surface area contributed by atoms with Crippen molar-refractivity contribution in [1.82, 2.24) is 0 Å². The highest BCUT2D eigenvalue weighted by Crippen LogP contribution is 1.36. The molecule has 0 aromatic heterocycles. The summed E-state index contributed by atoms with van der Waals surface area (Å²) in [5.41, 5.74) is 6.31. The highest BCUT2D eigenvalue weighted by Gasteiger charge is 1.34. The number of nitrogens with two attached hydrogens (primary N) is 1. The van der Waals surface area contributed by atoms with Crippen LogP contribution in [0.25, 0.3) is 0 Å². The third kappa shape index (κ3) is 3.85. The molecule has 0 radical (unpaired) electrons. The quantitative estimate of drug-likeness (QED) is 0.404. The van der Waals surface area contributed by atoms with Crippen molar-refractivity contribution >= 4 is 16.6 Å². The van der Waals surface area contributed by atoms with E-state index in [0.717, 1.165) is 0 Å². The van der Waals surface area contributed by atoms with Crippen LogP contribution in [0.15, 0.2) is 4.36 Å². The topological polar surface area (TPSA) is 38.4 Å². The van der Waals surface area contributed by atoms with Crippen LogP contribution in [-0.4, -0.2) is 12.5 Å². The summed E-state index contributed by atoms with van der Waals surface area (Å²) < 4.78 is 3.59. The van der Waals surface area contributed by atoms with E-state index in [4.69, 9.17) is 5.73 Å². The summed E-state index contributed by atoms with van der Waals surface area (Å²) in [6.07, 6.45) is 0. The maximum Gasteiger partial charge on any atom is 0.0473 e. The molecule has 0 aliphatic carbocycles. The fourth-order valence-corrected chi connectivity index (χ4v) is 0.183. The van der Waals surface area contributed by atoms with Gasteiger partial charge in [0.05, 0.1) is 0 Å². The number of hydrogen-bond donors (Lipinski definition) is 1. The standard InChI is InChI=1S/C2H6N2S/c1-4-5-2-3/h2H,3H2,1H3. The molecule has 0 fully saturated rings. The first kappa shape index (κ1) is 4.85. The van der Waals surface area contributed by atoms with Gasteiger partial charge >= 0.3 is 0 Å². The van der Waals surface area contributed by atoms with Gasteiger partial charge in [0.1, 0.15) is 0 Å². The highest BCUT2D eigenvalue weighted by molar-refractivity contribution is 7.67. The lowest BCUT2D eigenvalue weighted by atomic mass is 11.6. The molecule has 0 aromatic rings. The van der Waals surface area contributed by atoms with Gasteiger partial charge in [-0.3, -0.25) is 5.73 Å². The summed E-state index contributed by atoms with van der Waals surface area (Å²) in [4.78, 5) is 0. The molecular formula is C2H6N2S. The molecular weight excluding hydrogens is 84.1 g/mol. The molecule has 2 nitrogen and oxygen atoms in total. The van der Waals surface area contributed by atoms with Crippen LogP contribution in [0.2, 0.25) is 0 Å². The maximum absolute atomic E-state index is 4.88. The predicted octanol–water partition coefficient (Wildman–Crippen LogP) is -0.399. The molecule has 0 amide bonds. The van der Waals surface area contributed by atoms with E-state index in [9.17, 15) is 0 Å². The Kier molecular flexibility index (Phi) is 3.73. The van der Waals surface area contributed by atoms with Crippen molar-refractivity contribution in [3.63, 3.8) is 0 Å². The molecule has 0 saturated heterocycles. The van der Waals surface area contributed by atoms with E-state index in [-0.39, 0.29) is 0 Å². The molecule has 0 aliphatic heterocycles. The van der Waals surface area contributed by atoms with E-state index >= 15 is 0 Å². The monoisotopic (exact) mass is 90.0 g/mol. The first-order valence-corrected chi connectivity index (χ1v) is 2.04. The van der Waals surface area contributed by atoms with E-state index in [1.807, 2.05) is 0 Å². The first-order chi connectivity index (χ1) is 2.41. The molecule has 5 heavy (non-hydrogen) atoms. The largest absolute Gasteiger partial charge is 0.299 e. The van der Waals surface area contributed by atoms with Crippen molar-refractivity contribution in [3.05, 3.63) is 0 Å². The summed E-state index contributed by atoms with van der Waals surface area (Å²) in [7, 11) is 1.69. The number of nitrogens with zero attached hydrogens (tertiary/aromatic N) is 1. The normalized spacial score (nSPS) is 6.00. The third-order valence-corrected chi connectivity index (χ3v) is 0.499. The second-order valence-corrected chi connectivity index (χ2v) is 1.27. The van der Waals surface area contributed by atoms with Crippen molar-refractivity contribution < 1.29 is 0 Å². The lowest BCUT2D eigenvalue weighted by Gasteiger charge is -1.51. The van der Waals surface area contributed by atoms with E-state index < -0.39 is 0 Å². The smallest absolute Gasteiger partial charge is 0.0473 e. The molecule has 0 aromatic carbocycles. The summed E-state index contributed by atoms with van der Waals surface area (Å²) in [6.45, 7) is 0. The lowest BCUT2D eigenvalue weighted by molar-refractivity contribution is 1.52. The second kappa shape index (κ2) is 3.85. The SMILES string of the molecule is CN=S=CN. The Balaban J connectivity index is 3.26. The van der Waals surface area contributed by atoms with E-state index in [2.05, 4.69) is 4.36 Å². The first-order valence-electron chi connectivity index (χ1n) is 1.20. The van der Waals surface area contributed by atoms with E-state index in [0.29, 0.717) is 0 Å². The van der Waals surface area contributed by atoms with Crippen molar-refractivity contribution in [2.24, 2.45) is 10.1 Å². The maximum atomic E-state index is 4.88. The molecule has 0 saturated carbocycles. The highest BCUT2D eigenvalue weighted by atomic mass is 32.1. The van der Waals surface area contributed by atoms with Gasteiger partial charge in [-0.2, -0.15) is 0 Å². The Morgan fingerprint density at radius 2 is 2.60 bits per heavy atom. The van der Waals surface area contributed by atoms with Gasteiger partial charge in [-0.1, -0.05) is 0 Å². The summed E-state index contributed by atoms with van der Waals surface area (Å²) in [5.74, 6) is 0. The molecule has 0 rings (SSSR count). The summed E-state index contributed by atoms with van der Waals surface area (Å²) in [5, 5.41) is 0. The summed E-state index contributed by atoms with van der Waals surface area (Å²) >= 11 is 1.24. The van der Waals surface area contributed by atoms with Gasteiger partial charge in [-0.15, -0.1) is 0 Å². The second-order valence-electron chi connectivity index (χ2n) is 0.424. The predicted molar refractivity (Wildman–Crippen MR) is 26.0 cm³/mol. The zero-order valence-electron chi connectivity index (χ0n) is 3.01. The molecule has 0 unspecified atom stereocenters. The van der Waals surface area contributed by atoms with Gasteiger partial charge in [0, 0.05) is 12.5 Å². The number of hydrogen-bond acceptors (Lipinski definition) is 1. The fraction of sp³-hybridized carbons (Fsp3) is 0.500. The van der Waals surface area contributed by atoms with Gasteiger partial charge in [0.2, 0.25) is 0 Å². The molecule has 0 bridgehead atoms. The molecule has 3 heteroatoms.